The number of ether oxygens (including phenoxy) is 2. The normalized spacial score (nSPS) is 10.7. The van der Waals surface area contributed by atoms with Crippen LogP contribution in [0.5, 0.6) is 11.5 Å². The monoisotopic (exact) mass is 339 g/mol. The summed E-state index contributed by atoms with van der Waals surface area (Å²) >= 11 is 7.57. The Hall–Kier alpha value is -2.12. The number of nitrogens with zero attached hydrogens (tertiary/aromatic N) is 2. The Bertz CT molecular complexity index is 715. The maximum absolute atomic E-state index is 11.1. The molecule has 1 aromatic carbocycles. The molecule has 8 heteroatoms. The predicted octanol–water partition coefficient (Wildman–Crippen LogP) is 3.48. The number of hydrazone groups is 1. The quantitative estimate of drug-likeness (QED) is 0.391. The summed E-state index contributed by atoms with van der Waals surface area (Å²) in [5, 5.41) is 6.97. The van der Waals surface area contributed by atoms with Crippen LogP contribution in [0.4, 0.5) is 5.13 Å². The van der Waals surface area contributed by atoms with Gasteiger partial charge < -0.3 is 9.47 Å². The Balaban J connectivity index is 2.17. The number of hydrogen-bond donors (Lipinski definition) is 1. The standard InChI is InChI=1S/C14H14ClN3O3S/c1-8-7-22-14(17-8)18-16-6-10-4-11(15)13(21-9(2)19)12(5-10)20-3/h4-7H,1-3H3,(H,17,18). The summed E-state index contributed by atoms with van der Waals surface area (Å²) in [6.45, 7) is 3.20. The maximum atomic E-state index is 11.1. The summed E-state index contributed by atoms with van der Waals surface area (Å²) in [4.78, 5) is 15.3. The zero-order valence-electron chi connectivity index (χ0n) is 12.2. The van der Waals surface area contributed by atoms with Gasteiger partial charge in [0, 0.05) is 12.3 Å². The molecule has 6 nitrogen and oxygen atoms in total. The first-order valence-electron chi connectivity index (χ1n) is 6.26. The average Bonchev–Trinajstić information content (AvgIpc) is 2.86. The number of nitrogens with one attached hydrogen (secondary N) is 1. The van der Waals surface area contributed by atoms with Crippen LogP contribution in [0.2, 0.25) is 5.02 Å². The van der Waals surface area contributed by atoms with Gasteiger partial charge in [-0.1, -0.05) is 11.6 Å². The second-order valence-electron chi connectivity index (χ2n) is 4.29. The smallest absolute Gasteiger partial charge is 0.308 e. The lowest BCUT2D eigenvalue weighted by molar-refractivity contribution is -0.132. The number of aromatic nitrogens is 1. The molecule has 0 radical (unpaired) electrons. The molecule has 0 amide bonds. The minimum Gasteiger partial charge on any atom is -0.493 e. The summed E-state index contributed by atoms with van der Waals surface area (Å²) in [6.07, 6.45) is 1.57. The number of halogens is 1. The van der Waals surface area contributed by atoms with E-state index in [1.54, 1.807) is 18.3 Å². The van der Waals surface area contributed by atoms with Crippen molar-refractivity contribution in [3.8, 4) is 11.5 Å². The number of aryl methyl sites for hydroxylation is 1. The van der Waals surface area contributed by atoms with Crippen molar-refractivity contribution >= 4 is 40.3 Å². The first-order valence-corrected chi connectivity index (χ1v) is 7.52. The number of hydrogen-bond acceptors (Lipinski definition) is 7. The third-order valence-corrected chi connectivity index (χ3v) is 3.64. The Labute approximate surface area is 136 Å². The van der Waals surface area contributed by atoms with Crippen LogP contribution >= 0.6 is 22.9 Å². The zero-order valence-corrected chi connectivity index (χ0v) is 13.8. The predicted molar refractivity (Wildman–Crippen MR) is 87.4 cm³/mol. The van der Waals surface area contributed by atoms with E-state index in [9.17, 15) is 4.79 Å². The lowest BCUT2D eigenvalue weighted by atomic mass is 10.2. The SMILES string of the molecule is COc1cc(C=NNc2nc(C)cs2)cc(Cl)c1OC(C)=O. The van der Waals surface area contributed by atoms with Crippen molar-refractivity contribution in [2.45, 2.75) is 13.8 Å². The average molecular weight is 340 g/mol. The minimum absolute atomic E-state index is 0.192. The number of carbonyl (C=O) groups excluding carboxylic acids is 1. The molecule has 22 heavy (non-hydrogen) atoms. The van der Waals surface area contributed by atoms with Gasteiger partial charge in [-0.3, -0.25) is 10.2 Å². The molecule has 1 heterocycles. The molecule has 0 fully saturated rings. The third-order valence-electron chi connectivity index (χ3n) is 2.49. The molecule has 0 aliphatic rings. The zero-order chi connectivity index (χ0) is 16.1. The maximum Gasteiger partial charge on any atom is 0.308 e. The Morgan fingerprint density at radius 1 is 1.50 bits per heavy atom. The molecule has 0 aliphatic heterocycles. The van der Waals surface area contributed by atoms with Gasteiger partial charge in [0.2, 0.25) is 5.13 Å². The van der Waals surface area contributed by atoms with Crippen molar-refractivity contribution in [3.63, 3.8) is 0 Å². The topological polar surface area (TPSA) is 72.8 Å². The van der Waals surface area contributed by atoms with Crippen LogP contribution < -0.4 is 14.9 Å². The Morgan fingerprint density at radius 2 is 2.27 bits per heavy atom. The molecule has 0 bridgehead atoms. The molecule has 2 rings (SSSR count). The van der Waals surface area contributed by atoms with Gasteiger partial charge in [-0.25, -0.2) is 4.98 Å². The van der Waals surface area contributed by atoms with Crippen molar-refractivity contribution in [1.82, 2.24) is 4.98 Å². The Kier molecular flexibility index (Phi) is 5.35. The fourth-order valence-electron chi connectivity index (χ4n) is 1.62. The molecule has 0 saturated heterocycles. The van der Waals surface area contributed by atoms with Gasteiger partial charge >= 0.3 is 5.97 Å². The van der Waals surface area contributed by atoms with E-state index < -0.39 is 5.97 Å². The lowest BCUT2D eigenvalue weighted by Gasteiger charge is -2.10. The Morgan fingerprint density at radius 3 is 2.86 bits per heavy atom. The van der Waals surface area contributed by atoms with Crippen LogP contribution in [0.3, 0.4) is 0 Å². The fraction of sp³-hybridized carbons (Fsp3) is 0.214. The first kappa shape index (κ1) is 16.3. The summed E-state index contributed by atoms with van der Waals surface area (Å²) in [5.41, 5.74) is 4.45. The molecule has 0 unspecified atom stereocenters. The fourth-order valence-corrected chi connectivity index (χ4v) is 2.52. The second kappa shape index (κ2) is 7.24. The number of benzene rings is 1. The molecule has 2 aromatic rings. The summed E-state index contributed by atoms with van der Waals surface area (Å²) < 4.78 is 10.2. The number of esters is 1. The van der Waals surface area contributed by atoms with E-state index >= 15 is 0 Å². The lowest BCUT2D eigenvalue weighted by Crippen LogP contribution is -2.04. The first-order chi connectivity index (χ1) is 10.5. The minimum atomic E-state index is -0.470. The number of carbonyl (C=O) groups is 1. The van der Waals surface area contributed by atoms with Crippen molar-refractivity contribution < 1.29 is 14.3 Å². The van der Waals surface area contributed by atoms with E-state index in [0.717, 1.165) is 5.69 Å². The number of methoxy groups -OCH3 is 1. The summed E-state index contributed by atoms with van der Waals surface area (Å²) in [7, 11) is 1.47. The molecule has 0 atom stereocenters. The molecular weight excluding hydrogens is 326 g/mol. The molecular formula is C14H14ClN3O3S. The van der Waals surface area contributed by atoms with Crippen LogP contribution in [0.15, 0.2) is 22.6 Å². The molecule has 0 aliphatic carbocycles. The van der Waals surface area contributed by atoms with Crippen molar-refractivity contribution in [2.75, 3.05) is 12.5 Å². The number of rotatable bonds is 5. The van der Waals surface area contributed by atoms with Gasteiger partial charge in [-0.2, -0.15) is 5.10 Å². The van der Waals surface area contributed by atoms with Crippen LogP contribution in [0.25, 0.3) is 0 Å². The van der Waals surface area contributed by atoms with E-state index in [4.69, 9.17) is 21.1 Å². The van der Waals surface area contributed by atoms with Gasteiger partial charge in [0.1, 0.15) is 0 Å². The van der Waals surface area contributed by atoms with Crippen molar-refractivity contribution in [3.05, 3.63) is 33.8 Å². The molecule has 0 saturated carbocycles. The summed E-state index contributed by atoms with van der Waals surface area (Å²) in [6, 6.07) is 3.29. The van der Waals surface area contributed by atoms with Crippen LogP contribution in [0.1, 0.15) is 18.2 Å². The van der Waals surface area contributed by atoms with Crippen LogP contribution in [-0.2, 0) is 4.79 Å². The van der Waals surface area contributed by atoms with Gasteiger partial charge in [-0.15, -0.1) is 11.3 Å². The van der Waals surface area contributed by atoms with Crippen molar-refractivity contribution in [1.29, 1.82) is 0 Å². The van der Waals surface area contributed by atoms with E-state index in [-0.39, 0.29) is 10.8 Å². The van der Waals surface area contributed by atoms with Gasteiger partial charge in [0.15, 0.2) is 11.5 Å². The highest BCUT2D eigenvalue weighted by Gasteiger charge is 2.13. The van der Waals surface area contributed by atoms with Gasteiger partial charge in [-0.05, 0) is 24.6 Å². The number of anilines is 1. The van der Waals surface area contributed by atoms with Crippen molar-refractivity contribution in [2.24, 2.45) is 5.10 Å². The highest BCUT2D eigenvalue weighted by atomic mass is 35.5. The summed E-state index contributed by atoms with van der Waals surface area (Å²) in [5.74, 6) is 0.0778. The van der Waals surface area contributed by atoms with E-state index in [0.29, 0.717) is 16.4 Å². The molecule has 1 aromatic heterocycles. The molecule has 116 valence electrons. The highest BCUT2D eigenvalue weighted by Crippen LogP contribution is 2.36. The van der Waals surface area contributed by atoms with Crippen LogP contribution in [-0.4, -0.2) is 24.3 Å². The highest BCUT2D eigenvalue weighted by molar-refractivity contribution is 7.13. The second-order valence-corrected chi connectivity index (χ2v) is 5.56. The van der Waals surface area contributed by atoms with Gasteiger partial charge in [0.25, 0.3) is 0 Å². The van der Waals surface area contributed by atoms with E-state index in [2.05, 4.69) is 15.5 Å². The number of thiazole rings is 1. The van der Waals surface area contributed by atoms with E-state index in [1.165, 1.54) is 25.4 Å². The molecule has 0 spiro atoms. The van der Waals surface area contributed by atoms with E-state index in [1.807, 2.05) is 12.3 Å². The largest absolute Gasteiger partial charge is 0.493 e. The molecule has 1 N–H and O–H groups in total. The third kappa shape index (κ3) is 4.19. The van der Waals surface area contributed by atoms with Crippen LogP contribution in [0, 0.1) is 6.92 Å². The van der Waals surface area contributed by atoms with Gasteiger partial charge in [0.05, 0.1) is 24.0 Å².